The maximum absolute atomic E-state index is 12.3. The molecular weight excluding hydrogens is 451 g/mol. The van der Waals surface area contributed by atoms with Crippen LogP contribution in [-0.2, 0) is 14.0 Å². The zero-order chi connectivity index (χ0) is 25.3. The average Bonchev–Trinajstić information content (AvgIpc) is 3.30. The Labute approximate surface area is 212 Å². The molecule has 0 spiro atoms. The van der Waals surface area contributed by atoms with Crippen molar-refractivity contribution < 1.29 is 18.8 Å². The van der Waals surface area contributed by atoms with Gasteiger partial charge in [0.25, 0.3) is 0 Å². The van der Waals surface area contributed by atoms with Gasteiger partial charge in [0.1, 0.15) is 6.61 Å². The molecule has 36 heavy (non-hydrogen) atoms. The molecule has 2 aliphatic rings. The average molecular weight is 480 g/mol. The number of hydrogen-bond acceptors (Lipinski definition) is 5. The molecule has 2 aromatic carbocycles. The number of aromatic nitrogens is 1. The van der Waals surface area contributed by atoms with E-state index < -0.39 is 24.4 Å². The van der Waals surface area contributed by atoms with Crippen LogP contribution in [0, 0.1) is 11.8 Å². The summed E-state index contributed by atoms with van der Waals surface area (Å²) in [5.41, 5.74) is 5.44. The van der Waals surface area contributed by atoms with Gasteiger partial charge in [-0.25, -0.2) is 4.79 Å². The second-order valence-electron chi connectivity index (χ2n) is 10.1. The van der Waals surface area contributed by atoms with E-state index in [-0.39, 0.29) is 19.1 Å². The van der Waals surface area contributed by atoms with Crippen LogP contribution in [0.3, 0.4) is 0 Å². The highest BCUT2D eigenvalue weighted by Crippen LogP contribution is 2.44. The van der Waals surface area contributed by atoms with Crippen molar-refractivity contribution in [3.63, 3.8) is 0 Å². The van der Waals surface area contributed by atoms with Gasteiger partial charge in [0, 0.05) is 29.3 Å². The summed E-state index contributed by atoms with van der Waals surface area (Å²) in [5, 5.41) is 2.71. The fourth-order valence-electron chi connectivity index (χ4n) is 4.55. The van der Waals surface area contributed by atoms with Crippen LogP contribution in [0.5, 0.6) is 0 Å². The Balaban J connectivity index is 1.16. The first kappa shape index (κ1) is 24.1. The zero-order valence-electron chi connectivity index (χ0n) is 21.0. The number of pyridine rings is 1. The van der Waals surface area contributed by atoms with E-state index in [1.165, 1.54) is 22.3 Å². The number of hydrogen-bond donors (Lipinski definition) is 1. The highest BCUT2D eigenvalue weighted by atomic mass is 16.7. The molecule has 2 heterocycles. The number of nitrogens with one attached hydrogen (secondary N) is 1. The van der Waals surface area contributed by atoms with Crippen LogP contribution in [0.1, 0.15) is 50.3 Å². The smallest absolute Gasteiger partial charge is 0.449 e. The van der Waals surface area contributed by atoms with Crippen LogP contribution in [0.25, 0.3) is 11.1 Å². The number of carbonyl (C=O) groups is 1. The fourth-order valence-corrected chi connectivity index (χ4v) is 4.55. The van der Waals surface area contributed by atoms with E-state index in [2.05, 4.69) is 46.4 Å². The van der Waals surface area contributed by atoms with Crippen LogP contribution in [0.15, 0.2) is 67.0 Å². The maximum Gasteiger partial charge on any atom is 0.496 e. The molecule has 0 atom stereocenters. The Bertz CT molecular complexity index is 1300. The van der Waals surface area contributed by atoms with E-state index >= 15 is 0 Å². The maximum atomic E-state index is 12.3. The van der Waals surface area contributed by atoms with Gasteiger partial charge in [-0.1, -0.05) is 60.4 Å². The van der Waals surface area contributed by atoms with Gasteiger partial charge < -0.3 is 19.4 Å². The summed E-state index contributed by atoms with van der Waals surface area (Å²) in [6, 6.07) is 18.4. The van der Waals surface area contributed by atoms with Crippen molar-refractivity contribution in [2.45, 2.75) is 44.8 Å². The number of ether oxygens (including phenoxy) is 1. The highest BCUT2D eigenvalue weighted by molar-refractivity contribution is 6.62. The number of nitrogens with zero attached hydrogens (tertiary/aromatic N) is 1. The van der Waals surface area contributed by atoms with Crippen molar-refractivity contribution in [2.75, 3.05) is 13.2 Å². The number of rotatable bonds is 4. The lowest BCUT2D eigenvalue weighted by Crippen LogP contribution is -2.41. The number of amides is 1. The molecule has 182 valence electrons. The van der Waals surface area contributed by atoms with Gasteiger partial charge >= 0.3 is 13.2 Å². The lowest BCUT2D eigenvalue weighted by Gasteiger charge is -2.32. The molecule has 0 unspecified atom stereocenters. The quantitative estimate of drug-likeness (QED) is 0.446. The van der Waals surface area contributed by atoms with Gasteiger partial charge in [0.05, 0.1) is 17.7 Å². The molecule has 6 nitrogen and oxygen atoms in total. The summed E-state index contributed by atoms with van der Waals surface area (Å²) in [6.45, 7) is 8.49. The van der Waals surface area contributed by atoms with Crippen LogP contribution in [-0.4, -0.2) is 42.5 Å². The van der Waals surface area contributed by atoms with Crippen LogP contribution in [0.2, 0.25) is 0 Å². The molecule has 1 aromatic heterocycles. The first-order valence-electron chi connectivity index (χ1n) is 12.1. The molecule has 0 radical (unpaired) electrons. The second-order valence-corrected chi connectivity index (χ2v) is 10.1. The minimum Gasteiger partial charge on any atom is -0.449 e. The van der Waals surface area contributed by atoms with E-state index in [1.54, 1.807) is 12.4 Å². The third-order valence-corrected chi connectivity index (χ3v) is 7.18. The second kappa shape index (κ2) is 9.46. The molecule has 5 rings (SSSR count). The van der Waals surface area contributed by atoms with Gasteiger partial charge in [-0.15, -0.1) is 0 Å². The summed E-state index contributed by atoms with van der Waals surface area (Å²) >= 11 is 0. The summed E-state index contributed by atoms with van der Waals surface area (Å²) < 4.78 is 17.7. The Morgan fingerprint density at radius 2 is 1.61 bits per heavy atom. The molecule has 1 saturated heterocycles. The molecule has 0 saturated carbocycles. The SMILES string of the molecule is CC1(C)OB(c2cncc(C#CCNC(=O)OCC3c4ccccc4-c4ccccc43)c2)OC1(C)C. The number of benzene rings is 2. The topological polar surface area (TPSA) is 69.7 Å². The van der Waals surface area contributed by atoms with Crippen molar-refractivity contribution in [3.05, 3.63) is 83.7 Å². The summed E-state index contributed by atoms with van der Waals surface area (Å²) in [4.78, 5) is 16.6. The van der Waals surface area contributed by atoms with E-state index in [0.717, 1.165) is 11.0 Å². The van der Waals surface area contributed by atoms with Crippen molar-refractivity contribution in [1.82, 2.24) is 10.3 Å². The molecule has 1 amide bonds. The fraction of sp³-hybridized carbons (Fsp3) is 0.310. The van der Waals surface area contributed by atoms with E-state index in [9.17, 15) is 4.79 Å². The molecule has 1 fully saturated rings. The first-order valence-corrected chi connectivity index (χ1v) is 12.1. The summed E-state index contributed by atoms with van der Waals surface area (Å²) in [7, 11) is -0.497. The Kier molecular flexibility index (Phi) is 6.34. The normalized spacial score (nSPS) is 17.1. The lowest BCUT2D eigenvalue weighted by atomic mass is 9.80. The third kappa shape index (κ3) is 4.62. The molecule has 3 aromatic rings. The van der Waals surface area contributed by atoms with E-state index in [4.69, 9.17) is 14.0 Å². The molecule has 0 bridgehead atoms. The first-order chi connectivity index (χ1) is 17.2. The molecule has 7 heteroatoms. The van der Waals surface area contributed by atoms with Gasteiger partial charge in [-0.2, -0.15) is 0 Å². The minimum absolute atomic E-state index is 0.0260. The van der Waals surface area contributed by atoms with Gasteiger partial charge in [0.2, 0.25) is 0 Å². The molecule has 1 N–H and O–H groups in total. The van der Waals surface area contributed by atoms with Crippen molar-refractivity contribution in [2.24, 2.45) is 0 Å². The van der Waals surface area contributed by atoms with E-state index in [1.807, 2.05) is 58.0 Å². The van der Waals surface area contributed by atoms with Gasteiger partial charge in [-0.3, -0.25) is 4.98 Å². The lowest BCUT2D eigenvalue weighted by molar-refractivity contribution is 0.00578. The van der Waals surface area contributed by atoms with E-state index in [0.29, 0.717) is 0 Å². The van der Waals surface area contributed by atoms with Crippen LogP contribution in [0.4, 0.5) is 4.79 Å². The number of alkyl carbamates (subject to hydrolysis) is 1. The highest BCUT2D eigenvalue weighted by Gasteiger charge is 2.51. The summed E-state index contributed by atoms with van der Waals surface area (Å²) in [5.74, 6) is 6.02. The minimum atomic E-state index is -0.497. The van der Waals surface area contributed by atoms with Gasteiger partial charge in [0.15, 0.2) is 0 Å². The molecule has 1 aliphatic heterocycles. The Morgan fingerprint density at radius 1 is 1.00 bits per heavy atom. The zero-order valence-corrected chi connectivity index (χ0v) is 21.0. The number of carbonyl (C=O) groups excluding carboxylic acids is 1. The van der Waals surface area contributed by atoms with Crippen LogP contribution < -0.4 is 10.8 Å². The molecular formula is C29H29BN2O4. The predicted octanol–water partition coefficient (Wildman–Crippen LogP) is 4.27. The number of fused-ring (bicyclic) bond motifs is 3. The predicted molar refractivity (Wildman–Crippen MR) is 140 cm³/mol. The van der Waals surface area contributed by atoms with Crippen molar-refractivity contribution in [3.8, 4) is 23.0 Å². The monoisotopic (exact) mass is 480 g/mol. The van der Waals surface area contributed by atoms with Crippen molar-refractivity contribution >= 4 is 18.7 Å². The standard InChI is InChI=1S/C29H29BN2O4/c1-28(2)29(3,4)36-30(35-28)21-16-20(17-31-18-21)10-9-15-32-27(33)34-19-26-24-13-7-5-11-22(24)23-12-6-8-14-25(23)26/h5-8,11-14,16-18,26H,15,19H2,1-4H3,(H,32,33). The summed E-state index contributed by atoms with van der Waals surface area (Å²) in [6.07, 6.45) is 2.91. The van der Waals surface area contributed by atoms with Crippen LogP contribution >= 0.6 is 0 Å². The molecule has 1 aliphatic carbocycles. The Hall–Kier alpha value is -3.60. The largest absolute Gasteiger partial charge is 0.496 e. The van der Waals surface area contributed by atoms with Gasteiger partial charge in [-0.05, 0) is 56.0 Å². The third-order valence-electron chi connectivity index (χ3n) is 7.18. The van der Waals surface area contributed by atoms with Crippen molar-refractivity contribution in [1.29, 1.82) is 0 Å². The Morgan fingerprint density at radius 3 is 2.25 bits per heavy atom.